The molecule has 0 atom stereocenters. The number of thiocarbonyl (C=S) groups is 1. The van der Waals surface area contributed by atoms with E-state index in [2.05, 4.69) is 36.0 Å². The molecule has 0 heterocycles. The van der Waals surface area contributed by atoms with E-state index in [4.69, 9.17) is 9.84 Å². The number of carboxylic acid groups (broad SMARTS) is 1. The summed E-state index contributed by atoms with van der Waals surface area (Å²) in [5.74, 6) is -0.396. The third-order valence-electron chi connectivity index (χ3n) is 2.44. The summed E-state index contributed by atoms with van der Waals surface area (Å²) >= 11 is 4.39. The van der Waals surface area contributed by atoms with Gasteiger partial charge >= 0.3 is 51.4 Å². The van der Waals surface area contributed by atoms with Crippen LogP contribution in [-0.2, 0) is 16.0 Å². The number of amides is 1. The second-order valence-corrected chi connectivity index (χ2v) is 4.10. The van der Waals surface area contributed by atoms with Gasteiger partial charge in [0.1, 0.15) is 5.75 Å². The molecule has 2 N–H and O–H groups in total. The minimum Gasteiger partial charge on any atom is -0.498 e. The Labute approximate surface area is 184 Å². The van der Waals surface area contributed by atoms with Crippen LogP contribution in [0.1, 0.15) is 24.5 Å². The van der Waals surface area contributed by atoms with Gasteiger partial charge in [-0.15, -0.1) is 29.3 Å². The molecule has 0 unspecified atom stereocenters. The predicted octanol–water partition coefficient (Wildman–Crippen LogP) is -0.785. The van der Waals surface area contributed by atoms with E-state index in [-0.39, 0.29) is 63.7 Å². The van der Waals surface area contributed by atoms with Crippen LogP contribution in [0.3, 0.4) is 0 Å². The van der Waals surface area contributed by atoms with E-state index in [9.17, 15) is 9.59 Å². The van der Waals surface area contributed by atoms with Crippen LogP contribution in [0, 0.1) is 13.0 Å². The number of hydrogen-bond acceptors (Lipinski definition) is 4. The summed E-state index contributed by atoms with van der Waals surface area (Å²) < 4.78 is 5.13. The van der Waals surface area contributed by atoms with Crippen LogP contribution >= 0.6 is 12.2 Å². The van der Waals surface area contributed by atoms with Gasteiger partial charge in [0.05, 0.1) is 13.0 Å². The predicted molar refractivity (Wildman–Crippen MR) is 87.6 cm³/mol. The third kappa shape index (κ3) is 11.6. The molecule has 120 valence electrons. The zero-order valence-corrected chi connectivity index (χ0v) is 17.5. The van der Waals surface area contributed by atoms with Crippen LogP contribution in [0.25, 0.3) is 0 Å². The van der Waals surface area contributed by atoms with Gasteiger partial charge in [-0.25, -0.2) is 12.2 Å². The van der Waals surface area contributed by atoms with Crippen molar-refractivity contribution in [2.75, 3.05) is 7.11 Å². The first-order chi connectivity index (χ1) is 10.5. The van der Waals surface area contributed by atoms with Crippen LogP contribution in [-0.4, -0.2) is 29.6 Å². The molecule has 0 aromatic heterocycles. The largest absolute Gasteiger partial charge is 1.00 e. The third-order valence-corrected chi connectivity index (χ3v) is 2.54. The van der Waals surface area contributed by atoms with Crippen LogP contribution in [0.2, 0.25) is 0 Å². The van der Waals surface area contributed by atoms with Crippen molar-refractivity contribution in [1.82, 2.24) is 5.32 Å². The molecule has 1 aromatic rings. The standard InChI is InChI=1S/C13H13NO2S.C3H5O2.K/c1-3-10-8-12(16-2)6-4-11(10)5-7-13(15)14-9-17;1-2-3(4)5;/h4,6-8H,3H2,1-2H3,(H,14,15,17);1-2H2,(H,4,5);/q-2;-1;+1. The van der Waals surface area contributed by atoms with Crippen LogP contribution in [0.15, 0.2) is 24.3 Å². The number of hydrogen-bond donors (Lipinski definition) is 2. The van der Waals surface area contributed by atoms with Crippen molar-refractivity contribution in [3.05, 3.63) is 48.4 Å². The molecule has 0 spiro atoms. The number of aryl methyl sites for hydroxylation is 1. The molecule has 1 rings (SSSR count). The minimum atomic E-state index is -0.856. The zero-order chi connectivity index (χ0) is 17.0. The molecular weight excluding hydrogens is 341 g/mol. The molecule has 0 radical (unpaired) electrons. The van der Waals surface area contributed by atoms with E-state index in [1.807, 2.05) is 25.1 Å². The van der Waals surface area contributed by atoms with Crippen molar-refractivity contribution in [3.8, 4) is 5.75 Å². The Kier molecular flexibility index (Phi) is 16.1. The summed E-state index contributed by atoms with van der Waals surface area (Å²) in [6.45, 7) is 5.12. The van der Waals surface area contributed by atoms with E-state index < -0.39 is 5.97 Å². The monoisotopic (exact) mass is 359 g/mol. The van der Waals surface area contributed by atoms with E-state index in [0.29, 0.717) is 0 Å². The van der Waals surface area contributed by atoms with E-state index in [1.165, 1.54) is 6.08 Å². The van der Waals surface area contributed by atoms with Gasteiger partial charge in [-0.2, -0.15) is 0 Å². The molecule has 0 fully saturated rings. The second-order valence-electron chi connectivity index (χ2n) is 3.90. The first-order valence-electron chi connectivity index (χ1n) is 6.43. The second kappa shape index (κ2) is 15.0. The van der Waals surface area contributed by atoms with Gasteiger partial charge in [0.25, 0.3) is 5.97 Å². The maximum atomic E-state index is 11.2. The molecule has 0 aliphatic rings. The van der Waals surface area contributed by atoms with Crippen LogP contribution in [0.5, 0.6) is 5.75 Å². The summed E-state index contributed by atoms with van der Waals surface area (Å²) in [6, 6.07) is 5.63. The summed E-state index contributed by atoms with van der Waals surface area (Å²) in [4.78, 5) is 20.5. The summed E-state index contributed by atoms with van der Waals surface area (Å²) in [6.07, 6.45) is 5.04. The molecule has 0 aliphatic heterocycles. The molecule has 0 saturated heterocycles. The maximum absolute atomic E-state index is 11.2. The number of rotatable bonds is 6. The van der Waals surface area contributed by atoms with Crippen molar-refractivity contribution in [1.29, 1.82) is 0 Å². The molecule has 5 nitrogen and oxygen atoms in total. The van der Waals surface area contributed by atoms with Gasteiger partial charge in [-0.05, 0) is 0 Å². The van der Waals surface area contributed by atoms with Crippen LogP contribution in [0.4, 0.5) is 0 Å². The summed E-state index contributed by atoms with van der Waals surface area (Å²) in [7, 11) is 1.62. The zero-order valence-electron chi connectivity index (χ0n) is 13.5. The molecule has 1 amide bonds. The minimum absolute atomic E-state index is 0. The number of carbonyl (C=O) groups is 2. The van der Waals surface area contributed by atoms with Gasteiger partial charge in [-0.1, -0.05) is 37.4 Å². The van der Waals surface area contributed by atoms with Crippen LogP contribution < -0.4 is 61.4 Å². The number of benzene rings is 1. The fraction of sp³-hybridized carbons (Fsp3) is 0.250. The number of nitrogens with one attached hydrogen (secondary N) is 1. The quantitative estimate of drug-likeness (QED) is 0.229. The number of carboxylic acids is 1. The molecular formula is C16H18KNO4S-2. The fourth-order valence-electron chi connectivity index (χ4n) is 1.36. The number of aliphatic carboxylic acids is 1. The number of carbonyl (C=O) groups excluding carboxylic acids is 1. The average molecular weight is 359 g/mol. The van der Waals surface area contributed by atoms with E-state index in [1.54, 1.807) is 7.11 Å². The van der Waals surface area contributed by atoms with Gasteiger partial charge in [-0.3, -0.25) is 4.79 Å². The van der Waals surface area contributed by atoms with Crippen molar-refractivity contribution >= 4 is 29.6 Å². The Morgan fingerprint density at radius 2 is 2.09 bits per heavy atom. The molecule has 23 heavy (non-hydrogen) atoms. The van der Waals surface area contributed by atoms with E-state index in [0.717, 1.165) is 23.3 Å². The molecule has 0 bridgehead atoms. The number of ether oxygens (including phenoxy) is 1. The first kappa shape index (κ1) is 24.7. The maximum Gasteiger partial charge on any atom is 1.00 e. The SMILES string of the molecule is CCc1cc(OC)ccc1[C-]=CC(=O)N[C-]=S.[CH2-]CC(=O)O.[K+]. The topological polar surface area (TPSA) is 75.6 Å². The average Bonchev–Trinajstić information content (AvgIpc) is 2.53. The van der Waals surface area contributed by atoms with Gasteiger partial charge in [0.15, 0.2) is 0 Å². The first-order valence-corrected chi connectivity index (χ1v) is 6.84. The Morgan fingerprint density at radius 1 is 1.48 bits per heavy atom. The molecule has 1 aromatic carbocycles. The van der Waals surface area contributed by atoms with Crippen molar-refractivity contribution in [2.45, 2.75) is 19.8 Å². The van der Waals surface area contributed by atoms with Gasteiger partial charge in [0, 0.05) is 0 Å². The molecule has 0 aliphatic carbocycles. The van der Waals surface area contributed by atoms with Crippen molar-refractivity contribution in [2.24, 2.45) is 0 Å². The summed E-state index contributed by atoms with van der Waals surface area (Å²) in [5, 5.41) is 9.92. The smallest absolute Gasteiger partial charge is 0.498 e. The van der Waals surface area contributed by atoms with Crippen molar-refractivity contribution < 1.29 is 70.8 Å². The Hall–Kier alpha value is -0.574. The Balaban J connectivity index is 0. The normalized spacial score (nSPS) is 9.17. The van der Waals surface area contributed by atoms with Gasteiger partial charge < -0.3 is 26.9 Å². The molecule has 0 saturated carbocycles. The fourth-order valence-corrected chi connectivity index (χ4v) is 1.46. The number of methoxy groups -OCH3 is 1. The summed E-state index contributed by atoms with van der Waals surface area (Å²) in [5.41, 5.74) is 4.08. The van der Waals surface area contributed by atoms with Gasteiger partial charge in [0.2, 0.25) is 0 Å². The molecule has 7 heteroatoms. The Bertz CT molecular complexity index is 547. The van der Waals surface area contributed by atoms with Crippen molar-refractivity contribution in [3.63, 3.8) is 0 Å². The van der Waals surface area contributed by atoms with E-state index >= 15 is 0 Å². The Morgan fingerprint density at radius 3 is 2.52 bits per heavy atom.